The summed E-state index contributed by atoms with van der Waals surface area (Å²) in [6, 6.07) is 4.46. The van der Waals surface area contributed by atoms with Crippen LogP contribution in [0.1, 0.15) is 63.1 Å². The highest BCUT2D eigenvalue weighted by atomic mass is 32.1. The van der Waals surface area contributed by atoms with Crippen molar-refractivity contribution >= 4 is 11.3 Å². The minimum atomic E-state index is 0.475. The maximum Gasteiger partial charge on any atom is 0.0813 e. The van der Waals surface area contributed by atoms with E-state index in [0.717, 1.165) is 19.7 Å². The molecule has 1 saturated carbocycles. The van der Waals surface area contributed by atoms with Crippen LogP contribution < -0.4 is 5.32 Å². The van der Waals surface area contributed by atoms with Crippen LogP contribution in [-0.2, 0) is 17.9 Å². The van der Waals surface area contributed by atoms with Crippen LogP contribution >= 0.6 is 11.3 Å². The summed E-state index contributed by atoms with van der Waals surface area (Å²) in [7, 11) is 0. The minimum absolute atomic E-state index is 0.475. The predicted molar refractivity (Wildman–Crippen MR) is 91.7 cm³/mol. The van der Waals surface area contributed by atoms with Gasteiger partial charge < -0.3 is 10.1 Å². The Morgan fingerprint density at radius 1 is 1.24 bits per heavy atom. The molecule has 0 aromatic carbocycles. The Kier molecular flexibility index (Phi) is 6.27. The van der Waals surface area contributed by atoms with Crippen LogP contribution in [0.15, 0.2) is 12.1 Å². The van der Waals surface area contributed by atoms with Gasteiger partial charge >= 0.3 is 0 Å². The summed E-state index contributed by atoms with van der Waals surface area (Å²) in [5, 5.41) is 3.50. The first kappa shape index (κ1) is 17.0. The van der Waals surface area contributed by atoms with Crippen LogP contribution in [0.25, 0.3) is 0 Å². The van der Waals surface area contributed by atoms with Crippen molar-refractivity contribution in [3.05, 3.63) is 21.9 Å². The van der Waals surface area contributed by atoms with Crippen LogP contribution in [0.5, 0.6) is 0 Å². The van der Waals surface area contributed by atoms with Gasteiger partial charge in [-0.25, -0.2) is 0 Å². The van der Waals surface area contributed by atoms with Crippen molar-refractivity contribution in [1.82, 2.24) is 5.32 Å². The third-order valence-corrected chi connectivity index (χ3v) is 5.38. The first-order valence-corrected chi connectivity index (χ1v) is 9.16. The molecule has 0 atom stereocenters. The predicted octanol–water partition coefficient (Wildman–Crippen LogP) is 4.98. The van der Waals surface area contributed by atoms with Crippen molar-refractivity contribution in [1.29, 1.82) is 0 Å². The second kappa shape index (κ2) is 7.75. The van der Waals surface area contributed by atoms with Crippen molar-refractivity contribution in [2.45, 2.75) is 72.6 Å². The van der Waals surface area contributed by atoms with Crippen LogP contribution in [0, 0.1) is 11.3 Å². The van der Waals surface area contributed by atoms with E-state index in [9.17, 15) is 0 Å². The summed E-state index contributed by atoms with van der Waals surface area (Å²) < 4.78 is 6.11. The summed E-state index contributed by atoms with van der Waals surface area (Å²) in [6.07, 6.45) is 5.52. The smallest absolute Gasteiger partial charge is 0.0813 e. The Bertz CT molecular complexity index is 415. The molecule has 1 aliphatic rings. The molecule has 0 saturated heterocycles. The zero-order chi connectivity index (χ0) is 15.3. The van der Waals surface area contributed by atoms with E-state index in [4.69, 9.17) is 4.74 Å². The van der Waals surface area contributed by atoms with E-state index in [0.29, 0.717) is 17.4 Å². The molecule has 1 fully saturated rings. The second-order valence-corrected chi connectivity index (χ2v) is 8.82. The number of hydrogen-bond acceptors (Lipinski definition) is 3. The Labute approximate surface area is 134 Å². The van der Waals surface area contributed by atoms with Crippen molar-refractivity contribution < 1.29 is 4.74 Å². The first-order valence-electron chi connectivity index (χ1n) is 8.34. The number of thiophene rings is 1. The van der Waals surface area contributed by atoms with Crippen molar-refractivity contribution in [3.63, 3.8) is 0 Å². The van der Waals surface area contributed by atoms with E-state index in [-0.39, 0.29) is 0 Å². The van der Waals surface area contributed by atoms with Crippen LogP contribution in [0.3, 0.4) is 0 Å². The normalized spacial score (nSPS) is 19.3. The Morgan fingerprint density at radius 2 is 1.90 bits per heavy atom. The summed E-state index contributed by atoms with van der Waals surface area (Å²) >= 11 is 1.89. The van der Waals surface area contributed by atoms with Gasteiger partial charge in [-0.2, -0.15) is 0 Å². The molecule has 0 spiro atoms. The second-order valence-electron chi connectivity index (χ2n) is 7.57. The topological polar surface area (TPSA) is 21.3 Å². The first-order chi connectivity index (χ1) is 9.94. The van der Waals surface area contributed by atoms with Gasteiger partial charge in [-0.15, -0.1) is 11.3 Å². The summed E-state index contributed by atoms with van der Waals surface area (Å²) in [5.41, 5.74) is 0.526. The molecule has 0 radical (unpaired) electrons. The van der Waals surface area contributed by atoms with Gasteiger partial charge in [0, 0.05) is 16.3 Å². The Morgan fingerprint density at radius 3 is 2.57 bits per heavy atom. The molecule has 21 heavy (non-hydrogen) atoms. The zero-order valence-electron chi connectivity index (χ0n) is 14.1. The van der Waals surface area contributed by atoms with Gasteiger partial charge in [0.2, 0.25) is 0 Å². The molecule has 1 aromatic rings. The highest BCUT2D eigenvalue weighted by Crippen LogP contribution is 2.36. The molecular weight excluding hydrogens is 278 g/mol. The highest BCUT2D eigenvalue weighted by molar-refractivity contribution is 7.11. The molecule has 0 bridgehead atoms. The van der Waals surface area contributed by atoms with Gasteiger partial charge in [0.05, 0.1) is 12.7 Å². The average Bonchev–Trinajstić information content (AvgIpc) is 2.85. The van der Waals surface area contributed by atoms with Gasteiger partial charge in [0.1, 0.15) is 0 Å². The molecule has 2 nitrogen and oxygen atoms in total. The molecule has 1 N–H and O–H groups in total. The van der Waals surface area contributed by atoms with Gasteiger partial charge in [-0.1, -0.05) is 27.7 Å². The SMILES string of the molecule is CC(C)CNCc1ccc(COC2CCC(C)(C)CC2)s1. The lowest BCUT2D eigenvalue weighted by Crippen LogP contribution is -2.26. The summed E-state index contributed by atoms with van der Waals surface area (Å²) in [5.74, 6) is 0.711. The fraction of sp³-hybridized carbons (Fsp3) is 0.778. The van der Waals surface area contributed by atoms with E-state index < -0.39 is 0 Å². The minimum Gasteiger partial charge on any atom is -0.373 e. The molecule has 3 heteroatoms. The van der Waals surface area contributed by atoms with E-state index in [1.165, 1.54) is 35.4 Å². The summed E-state index contributed by atoms with van der Waals surface area (Å²) in [6.45, 7) is 12.1. The maximum atomic E-state index is 6.11. The Hall–Kier alpha value is -0.380. The van der Waals surface area contributed by atoms with E-state index in [1.807, 2.05) is 11.3 Å². The molecule has 0 amide bonds. The van der Waals surface area contributed by atoms with E-state index in [2.05, 4.69) is 45.1 Å². The largest absolute Gasteiger partial charge is 0.373 e. The fourth-order valence-corrected chi connectivity index (χ4v) is 3.73. The van der Waals surface area contributed by atoms with Crippen LogP contribution in [0.2, 0.25) is 0 Å². The lowest BCUT2D eigenvalue weighted by atomic mass is 9.76. The standard InChI is InChI=1S/C18H31NOS/c1-14(2)11-19-12-16-5-6-17(21-16)13-20-15-7-9-18(3,4)10-8-15/h5-6,14-15,19H,7-13H2,1-4H3. The van der Waals surface area contributed by atoms with Crippen molar-refractivity contribution in [2.24, 2.45) is 11.3 Å². The molecule has 0 unspecified atom stereocenters. The molecule has 120 valence electrons. The zero-order valence-corrected chi connectivity index (χ0v) is 14.9. The lowest BCUT2D eigenvalue weighted by Gasteiger charge is -2.34. The van der Waals surface area contributed by atoms with Crippen LogP contribution in [-0.4, -0.2) is 12.6 Å². The summed E-state index contributed by atoms with van der Waals surface area (Å²) in [4.78, 5) is 2.78. The van der Waals surface area contributed by atoms with E-state index >= 15 is 0 Å². The molecule has 0 aliphatic heterocycles. The van der Waals surface area contributed by atoms with Crippen molar-refractivity contribution in [3.8, 4) is 0 Å². The number of ether oxygens (including phenoxy) is 1. The fourth-order valence-electron chi connectivity index (χ4n) is 2.82. The molecule has 1 aromatic heterocycles. The lowest BCUT2D eigenvalue weighted by molar-refractivity contribution is -0.00448. The number of nitrogens with one attached hydrogen (secondary N) is 1. The van der Waals surface area contributed by atoms with Crippen LogP contribution in [0.4, 0.5) is 0 Å². The maximum absolute atomic E-state index is 6.11. The Balaban J connectivity index is 1.68. The third kappa shape index (κ3) is 6.09. The van der Waals surface area contributed by atoms with Gasteiger partial charge in [0.25, 0.3) is 0 Å². The quantitative estimate of drug-likeness (QED) is 0.767. The highest BCUT2D eigenvalue weighted by Gasteiger charge is 2.27. The molecule has 1 heterocycles. The average molecular weight is 310 g/mol. The monoisotopic (exact) mass is 309 g/mol. The molecule has 1 aliphatic carbocycles. The molecular formula is C18H31NOS. The van der Waals surface area contributed by atoms with Gasteiger partial charge in [-0.05, 0) is 55.7 Å². The third-order valence-electron chi connectivity index (χ3n) is 4.32. The van der Waals surface area contributed by atoms with E-state index in [1.54, 1.807) is 0 Å². The van der Waals surface area contributed by atoms with Gasteiger partial charge in [0.15, 0.2) is 0 Å². The number of rotatable bonds is 7. The van der Waals surface area contributed by atoms with Crippen molar-refractivity contribution in [2.75, 3.05) is 6.54 Å². The molecule has 2 rings (SSSR count). The number of hydrogen-bond donors (Lipinski definition) is 1. The van der Waals surface area contributed by atoms with Gasteiger partial charge in [-0.3, -0.25) is 0 Å².